The highest BCUT2D eigenvalue weighted by atomic mass is 16.5. The van der Waals surface area contributed by atoms with Gasteiger partial charge in [-0.3, -0.25) is 9.69 Å². The van der Waals surface area contributed by atoms with E-state index in [0.717, 1.165) is 105 Å². The summed E-state index contributed by atoms with van der Waals surface area (Å²) in [4.78, 5) is 56.5. The van der Waals surface area contributed by atoms with Crippen LogP contribution in [-0.2, 0) is 42.9 Å². The first kappa shape index (κ1) is 70.8. The molecule has 2 aliphatic heterocycles. The molecule has 15 nitrogen and oxygen atoms in total. The predicted octanol–water partition coefficient (Wildman–Crippen LogP) is 6.28. The van der Waals surface area contributed by atoms with Crippen molar-refractivity contribution >= 4 is 23.8 Å². The Balaban J connectivity index is -0.000000160. The van der Waals surface area contributed by atoms with Crippen molar-refractivity contribution in [3.05, 3.63) is 62.0 Å². The van der Waals surface area contributed by atoms with Gasteiger partial charge in [-0.2, -0.15) is 0 Å². The van der Waals surface area contributed by atoms with Crippen LogP contribution in [0.5, 0.6) is 0 Å². The number of carbonyl (C=O) groups excluding carboxylic acids is 4. The zero-order valence-corrected chi connectivity index (χ0v) is 39.6. The number of amides is 1. The van der Waals surface area contributed by atoms with E-state index < -0.39 is 0 Å². The van der Waals surface area contributed by atoms with E-state index in [1.54, 1.807) is 20.8 Å². The van der Waals surface area contributed by atoms with Crippen LogP contribution in [0.3, 0.4) is 0 Å². The Bertz CT molecular complexity index is 1220. The first-order valence-corrected chi connectivity index (χ1v) is 20.9. The number of hydrogen-bond acceptors (Lipinski definition) is 14. The van der Waals surface area contributed by atoms with Gasteiger partial charge in [-0.1, -0.05) is 69.0 Å². The quantitative estimate of drug-likeness (QED) is 0.0421. The molecule has 0 unspecified atom stereocenters. The van der Waals surface area contributed by atoms with Gasteiger partial charge in [0.25, 0.3) is 0 Å². The molecular formula is C48H96N6O9. The summed E-state index contributed by atoms with van der Waals surface area (Å²) in [7, 11) is 11.6. The Morgan fingerprint density at radius 2 is 1.14 bits per heavy atom. The number of likely N-dealkylation sites (N-methyl/N-ethyl adjacent to an activating group) is 4. The lowest BCUT2D eigenvalue weighted by Crippen LogP contribution is -2.38. The second-order valence-corrected chi connectivity index (χ2v) is 15.1. The molecule has 0 saturated carbocycles. The molecule has 0 radical (unpaired) electrons. The Labute approximate surface area is 386 Å². The van der Waals surface area contributed by atoms with Crippen LogP contribution in [0.4, 0.5) is 0 Å². The average molecular weight is 901 g/mol. The van der Waals surface area contributed by atoms with E-state index in [9.17, 15) is 19.2 Å². The minimum absolute atomic E-state index is 0. The number of hydrogen-bond donors (Lipinski definition) is 0. The van der Waals surface area contributed by atoms with Crippen molar-refractivity contribution in [2.75, 3.05) is 147 Å². The third-order valence-corrected chi connectivity index (χ3v) is 8.35. The first-order valence-electron chi connectivity index (χ1n) is 20.9. The average Bonchev–Trinajstić information content (AvgIpc) is 3.20. The molecule has 0 aromatic heterocycles. The normalized spacial score (nSPS) is 12.9. The Morgan fingerprint density at radius 3 is 1.52 bits per heavy atom. The Kier molecular flexibility index (Phi) is 51.8. The predicted molar refractivity (Wildman–Crippen MR) is 264 cm³/mol. The fourth-order valence-electron chi connectivity index (χ4n) is 4.99. The molecule has 2 saturated heterocycles. The zero-order chi connectivity index (χ0) is 46.5. The summed E-state index contributed by atoms with van der Waals surface area (Å²) in [6, 6.07) is 0. The maximum absolute atomic E-state index is 11.3. The van der Waals surface area contributed by atoms with Crippen LogP contribution in [-0.4, -0.2) is 207 Å². The highest BCUT2D eigenvalue weighted by Crippen LogP contribution is 2.10. The molecule has 2 aliphatic rings. The maximum Gasteiger partial charge on any atom is 0.333 e. The summed E-state index contributed by atoms with van der Waals surface area (Å²) in [5.74, 6) is -0.853. The lowest BCUT2D eigenvalue weighted by atomic mass is 10.1. The van der Waals surface area contributed by atoms with Gasteiger partial charge >= 0.3 is 17.9 Å². The Morgan fingerprint density at radius 1 is 0.667 bits per heavy atom. The molecule has 1 amide bonds. The van der Waals surface area contributed by atoms with Crippen LogP contribution >= 0.6 is 0 Å². The van der Waals surface area contributed by atoms with Crippen LogP contribution in [0.25, 0.3) is 0 Å². The van der Waals surface area contributed by atoms with E-state index in [1.807, 2.05) is 61.9 Å². The molecule has 0 spiro atoms. The highest BCUT2D eigenvalue weighted by Gasteiger charge is 2.16. The highest BCUT2D eigenvalue weighted by molar-refractivity contribution is 5.92. The van der Waals surface area contributed by atoms with Crippen molar-refractivity contribution in [3.8, 4) is 0 Å². The van der Waals surface area contributed by atoms with E-state index in [2.05, 4.69) is 56.5 Å². The molecule has 2 fully saturated rings. The molecule has 15 heteroatoms. The van der Waals surface area contributed by atoms with Crippen molar-refractivity contribution < 1.29 is 42.9 Å². The first-order chi connectivity index (χ1) is 28.2. The van der Waals surface area contributed by atoms with Crippen LogP contribution < -0.4 is 0 Å². The number of morpholine rings is 1. The monoisotopic (exact) mass is 901 g/mol. The van der Waals surface area contributed by atoms with Gasteiger partial charge in [-0.15, -0.1) is 0 Å². The summed E-state index contributed by atoms with van der Waals surface area (Å²) >= 11 is 0. The molecule has 63 heavy (non-hydrogen) atoms. The zero-order valence-electron chi connectivity index (χ0n) is 39.6. The minimum atomic E-state index is -0.362. The van der Waals surface area contributed by atoms with Gasteiger partial charge < -0.3 is 48.2 Å². The lowest BCUT2D eigenvalue weighted by Gasteiger charge is -2.26. The van der Waals surface area contributed by atoms with Gasteiger partial charge in [-0.25, -0.2) is 14.4 Å². The van der Waals surface area contributed by atoms with E-state index in [4.69, 9.17) is 23.7 Å². The van der Waals surface area contributed by atoms with Crippen molar-refractivity contribution in [2.24, 2.45) is 0 Å². The van der Waals surface area contributed by atoms with Crippen LogP contribution in [0.2, 0.25) is 0 Å². The summed E-state index contributed by atoms with van der Waals surface area (Å²) in [5.41, 5.74) is 1.56. The van der Waals surface area contributed by atoms with Crippen molar-refractivity contribution in [3.63, 3.8) is 0 Å². The second kappa shape index (κ2) is 46.1. The van der Waals surface area contributed by atoms with Gasteiger partial charge in [-0.05, 0) is 95.4 Å². The van der Waals surface area contributed by atoms with E-state index in [1.165, 1.54) is 18.8 Å². The lowest BCUT2D eigenvalue weighted by molar-refractivity contribution is -0.144. The summed E-state index contributed by atoms with van der Waals surface area (Å²) < 4.78 is 25.2. The molecule has 0 atom stereocenters. The van der Waals surface area contributed by atoms with E-state index in [0.29, 0.717) is 29.9 Å². The van der Waals surface area contributed by atoms with Crippen LogP contribution in [0, 0.1) is 0 Å². The van der Waals surface area contributed by atoms with Gasteiger partial charge in [0.2, 0.25) is 5.91 Å². The van der Waals surface area contributed by atoms with E-state index in [-0.39, 0.29) is 52.2 Å². The number of rotatable bonds is 21. The fraction of sp³-hybridized carbons (Fsp3) is 0.708. The molecule has 0 aromatic rings. The maximum atomic E-state index is 11.3. The summed E-state index contributed by atoms with van der Waals surface area (Å²) in [6.07, 6.45) is 6.14. The number of nitrogens with zero attached hydrogens (tertiary/aromatic N) is 6. The number of ether oxygens (including phenoxy) is 5. The minimum Gasteiger partial charge on any atom is -0.500 e. The molecule has 2 heterocycles. The Hall–Kier alpha value is -3.86. The van der Waals surface area contributed by atoms with E-state index >= 15 is 0 Å². The largest absolute Gasteiger partial charge is 0.500 e. The second-order valence-electron chi connectivity index (χ2n) is 15.1. The van der Waals surface area contributed by atoms with Crippen LogP contribution in [0.1, 0.15) is 76.2 Å². The molecule has 0 bridgehead atoms. The van der Waals surface area contributed by atoms with Crippen LogP contribution in [0.15, 0.2) is 62.0 Å². The molecule has 372 valence electrons. The molecule has 0 aliphatic carbocycles. The third-order valence-electron chi connectivity index (χ3n) is 8.35. The topological polar surface area (TPSA) is 134 Å². The number of esters is 3. The van der Waals surface area contributed by atoms with Crippen molar-refractivity contribution in [1.29, 1.82) is 0 Å². The summed E-state index contributed by atoms with van der Waals surface area (Å²) in [6.45, 7) is 39.8. The number of carbonyl (C=O) groups is 4. The van der Waals surface area contributed by atoms with Crippen molar-refractivity contribution in [1.82, 2.24) is 29.4 Å². The van der Waals surface area contributed by atoms with Gasteiger partial charge in [0.1, 0.15) is 19.3 Å². The SMILES string of the molecule is C.C.C.C=C(C)C(=O)N1CCCCC1.C=C(C)C(=O)OCCN(C)C.C=C(C)C(=O)OCCN1CCOCC1.C=CC(=O)OC(CN(C)C)CN(C)C.C=COCCN(CC)CC. The fourth-order valence-corrected chi connectivity index (χ4v) is 4.99. The van der Waals surface area contributed by atoms with Gasteiger partial charge in [0.15, 0.2) is 0 Å². The third kappa shape index (κ3) is 46.0. The molecule has 0 N–H and O–H groups in total. The smallest absolute Gasteiger partial charge is 0.333 e. The molecule has 0 aromatic carbocycles. The standard InChI is InChI=1S/C10H20N2O2.C10H17NO3.C9H15NO.C8H15NO2.C8H17NO.3CH4/c1-6-10(13)14-9(7-11(2)3)8-12(4)5;1-9(2)10(12)14-8-5-11-3-6-13-7-4-11;1-8(2)9(11)10-6-4-3-5-7-10;1-7(2)8(10)11-6-5-9(3)4;1-4-9(5-2)7-8-10-6-3;;;/h6,9H,1,7-8H2,2-5H3;1,3-8H2,2H3;1,3-7H2,2H3;1,5-6H2,2-4H3;6H,3-5,7-8H2,1-2H3;3*1H4. The van der Waals surface area contributed by atoms with Gasteiger partial charge in [0.05, 0.1) is 26.1 Å². The summed E-state index contributed by atoms with van der Waals surface area (Å²) in [5, 5.41) is 0. The molecule has 2 rings (SSSR count). The number of piperidine rings is 1. The van der Waals surface area contributed by atoms with Crippen molar-refractivity contribution in [2.45, 2.75) is 82.3 Å². The number of likely N-dealkylation sites (tertiary alicyclic amines) is 1. The molecular weight excluding hydrogens is 805 g/mol. The van der Waals surface area contributed by atoms with Gasteiger partial charge in [0, 0.05) is 81.7 Å².